The number of hydrogen-bond donors (Lipinski definition) is 2. The average molecular weight is 423 g/mol. The van der Waals surface area contributed by atoms with Crippen LogP contribution in [0.15, 0.2) is 30.3 Å². The number of fused-ring (bicyclic) bond motifs is 1. The molecule has 162 valence electrons. The Morgan fingerprint density at radius 2 is 2.03 bits per heavy atom. The summed E-state index contributed by atoms with van der Waals surface area (Å²) in [7, 11) is 0. The molecule has 0 spiro atoms. The summed E-state index contributed by atoms with van der Waals surface area (Å²) < 4.78 is 25.6. The molecule has 1 amide bonds. The highest BCUT2D eigenvalue weighted by atomic mass is 19.1. The van der Waals surface area contributed by atoms with E-state index in [2.05, 4.69) is 5.32 Å². The number of hydrogen-bond acceptors (Lipinski definition) is 5. The number of aryl methyl sites for hydroxylation is 1. The van der Waals surface area contributed by atoms with Gasteiger partial charge in [-0.05, 0) is 88.4 Å². The minimum atomic E-state index is -0.637. The number of benzene rings is 2. The number of carbonyl (C=O) groups excluding carboxylic acids is 1. The van der Waals surface area contributed by atoms with E-state index in [1.807, 2.05) is 6.07 Å². The number of halogens is 1. The molecule has 1 aliphatic rings. The summed E-state index contributed by atoms with van der Waals surface area (Å²) in [6.45, 7) is 6.94. The molecule has 0 aliphatic heterocycles. The Bertz CT molecular complexity index is 1070. The molecule has 3 rings (SSSR count). The van der Waals surface area contributed by atoms with Crippen molar-refractivity contribution < 1.29 is 18.7 Å². The Labute approximate surface area is 181 Å². The van der Waals surface area contributed by atoms with Crippen LogP contribution < -0.4 is 10.1 Å². The second-order valence-corrected chi connectivity index (χ2v) is 8.60. The van der Waals surface area contributed by atoms with Gasteiger partial charge in [-0.3, -0.25) is 5.32 Å². The molecule has 1 atom stereocenters. The van der Waals surface area contributed by atoms with Crippen molar-refractivity contribution in [1.29, 1.82) is 10.7 Å². The zero-order valence-electron chi connectivity index (χ0n) is 18.1. The quantitative estimate of drug-likeness (QED) is 0.600. The number of rotatable bonds is 4. The van der Waals surface area contributed by atoms with Gasteiger partial charge in [-0.15, -0.1) is 0 Å². The van der Waals surface area contributed by atoms with E-state index in [9.17, 15) is 9.18 Å². The van der Waals surface area contributed by atoms with Crippen molar-refractivity contribution in [2.24, 2.45) is 0 Å². The largest absolute Gasteiger partial charge is 0.486 e. The SMILES string of the molecule is CC(=N)c1cc(OC2CCCc3cc(C#N)c(F)cc32)ccc1NC(=O)OC(C)(C)C. The van der Waals surface area contributed by atoms with Crippen LogP contribution in [0.2, 0.25) is 0 Å². The van der Waals surface area contributed by atoms with E-state index >= 15 is 0 Å². The Balaban J connectivity index is 1.85. The van der Waals surface area contributed by atoms with Crippen LogP contribution in [0.1, 0.15) is 68.9 Å². The number of carbonyl (C=O) groups is 1. The van der Waals surface area contributed by atoms with Crippen LogP contribution in [0.4, 0.5) is 14.9 Å². The van der Waals surface area contributed by atoms with Crippen LogP contribution in [0, 0.1) is 22.6 Å². The van der Waals surface area contributed by atoms with Crippen molar-refractivity contribution in [3.8, 4) is 11.8 Å². The van der Waals surface area contributed by atoms with Gasteiger partial charge >= 0.3 is 6.09 Å². The summed E-state index contributed by atoms with van der Waals surface area (Å²) in [6, 6.07) is 9.92. The molecule has 0 aromatic heterocycles. The topological polar surface area (TPSA) is 95.2 Å². The second-order valence-electron chi connectivity index (χ2n) is 8.60. The van der Waals surface area contributed by atoms with Gasteiger partial charge in [-0.2, -0.15) is 5.26 Å². The molecule has 1 unspecified atom stereocenters. The first-order valence-electron chi connectivity index (χ1n) is 10.2. The highest BCUT2D eigenvalue weighted by Crippen LogP contribution is 2.36. The highest BCUT2D eigenvalue weighted by Gasteiger charge is 2.25. The molecule has 0 heterocycles. The first kappa shape index (κ1) is 22.3. The van der Waals surface area contributed by atoms with E-state index in [4.69, 9.17) is 20.1 Å². The Morgan fingerprint density at radius 1 is 1.29 bits per heavy atom. The van der Waals surface area contributed by atoms with Crippen LogP contribution in [-0.4, -0.2) is 17.4 Å². The molecule has 1 aliphatic carbocycles. The summed E-state index contributed by atoms with van der Waals surface area (Å²) in [4.78, 5) is 12.1. The van der Waals surface area contributed by atoms with Crippen molar-refractivity contribution in [2.75, 3.05) is 5.32 Å². The van der Waals surface area contributed by atoms with E-state index in [0.717, 1.165) is 30.4 Å². The molecule has 0 bridgehead atoms. The zero-order valence-corrected chi connectivity index (χ0v) is 18.1. The maximum absolute atomic E-state index is 14.2. The Hall–Kier alpha value is -3.40. The van der Waals surface area contributed by atoms with Crippen molar-refractivity contribution in [3.63, 3.8) is 0 Å². The molecule has 6 nitrogen and oxygen atoms in total. The standard InChI is InChI=1S/C24H26FN3O3/c1-14(27)18-11-17(8-9-21(18)28-23(29)31-24(2,3)4)30-22-7-5-6-15-10-16(13-26)20(25)12-19(15)22/h8-12,22,27H,5-7H2,1-4H3,(H,28,29). The van der Waals surface area contributed by atoms with Crippen LogP contribution >= 0.6 is 0 Å². The second kappa shape index (κ2) is 8.76. The van der Waals surface area contributed by atoms with E-state index in [-0.39, 0.29) is 17.4 Å². The summed E-state index contributed by atoms with van der Waals surface area (Å²) in [5.41, 5.74) is 2.27. The summed E-state index contributed by atoms with van der Waals surface area (Å²) >= 11 is 0. The van der Waals surface area contributed by atoms with Gasteiger partial charge in [0.25, 0.3) is 0 Å². The Kier molecular flexibility index (Phi) is 6.30. The number of nitriles is 1. The van der Waals surface area contributed by atoms with Crippen LogP contribution in [0.25, 0.3) is 0 Å². The van der Waals surface area contributed by atoms with Gasteiger partial charge in [0.15, 0.2) is 0 Å². The molecule has 2 aromatic carbocycles. The molecule has 0 saturated heterocycles. The highest BCUT2D eigenvalue weighted by molar-refractivity contribution is 6.04. The molecule has 2 N–H and O–H groups in total. The molecule has 7 heteroatoms. The van der Waals surface area contributed by atoms with Crippen LogP contribution in [0.3, 0.4) is 0 Å². The number of anilines is 1. The van der Waals surface area contributed by atoms with Crippen LogP contribution in [-0.2, 0) is 11.2 Å². The number of amides is 1. The molecule has 0 radical (unpaired) electrons. The van der Waals surface area contributed by atoms with E-state index in [0.29, 0.717) is 17.0 Å². The molecule has 31 heavy (non-hydrogen) atoms. The van der Waals surface area contributed by atoms with E-state index < -0.39 is 17.5 Å². The summed E-state index contributed by atoms with van der Waals surface area (Å²) in [5, 5.41) is 19.8. The predicted molar refractivity (Wildman–Crippen MR) is 116 cm³/mol. The molecular formula is C24H26FN3O3. The number of nitrogens with zero attached hydrogens (tertiary/aromatic N) is 1. The fraction of sp³-hybridized carbons (Fsp3) is 0.375. The summed E-state index contributed by atoms with van der Waals surface area (Å²) in [5.74, 6) is -0.0383. The normalized spacial score (nSPS) is 15.4. The lowest BCUT2D eigenvalue weighted by molar-refractivity contribution is 0.0636. The van der Waals surface area contributed by atoms with E-state index in [1.165, 1.54) is 6.07 Å². The van der Waals surface area contributed by atoms with E-state index in [1.54, 1.807) is 52.0 Å². The molecule has 0 saturated carbocycles. The first-order chi connectivity index (χ1) is 14.6. The molecular weight excluding hydrogens is 397 g/mol. The van der Waals surface area contributed by atoms with Gasteiger partial charge < -0.3 is 14.9 Å². The molecule has 2 aromatic rings. The number of nitrogens with one attached hydrogen (secondary N) is 2. The third-order valence-corrected chi connectivity index (χ3v) is 4.92. The van der Waals surface area contributed by atoms with Crippen LogP contribution in [0.5, 0.6) is 5.75 Å². The lowest BCUT2D eigenvalue weighted by Crippen LogP contribution is -2.27. The zero-order chi connectivity index (χ0) is 22.8. The van der Waals surface area contributed by atoms with Gasteiger partial charge in [0, 0.05) is 11.3 Å². The van der Waals surface area contributed by atoms with Gasteiger partial charge in [-0.1, -0.05) is 0 Å². The predicted octanol–water partition coefficient (Wildman–Crippen LogP) is 5.89. The van der Waals surface area contributed by atoms with Crippen molar-refractivity contribution >= 4 is 17.5 Å². The smallest absolute Gasteiger partial charge is 0.412 e. The average Bonchev–Trinajstić information content (AvgIpc) is 2.67. The maximum atomic E-state index is 14.2. The lowest BCUT2D eigenvalue weighted by Gasteiger charge is -2.27. The van der Waals surface area contributed by atoms with Crippen molar-refractivity contribution in [1.82, 2.24) is 0 Å². The van der Waals surface area contributed by atoms with Crippen molar-refractivity contribution in [3.05, 3.63) is 58.4 Å². The third-order valence-electron chi connectivity index (χ3n) is 4.92. The Morgan fingerprint density at radius 3 is 2.68 bits per heavy atom. The van der Waals surface area contributed by atoms with Gasteiger partial charge in [0.1, 0.15) is 29.3 Å². The van der Waals surface area contributed by atoms with Gasteiger partial charge in [-0.25, -0.2) is 9.18 Å². The van der Waals surface area contributed by atoms with Gasteiger partial charge in [0.2, 0.25) is 0 Å². The van der Waals surface area contributed by atoms with Crippen molar-refractivity contribution in [2.45, 2.75) is 58.7 Å². The van der Waals surface area contributed by atoms with Gasteiger partial charge in [0.05, 0.1) is 11.3 Å². The minimum absolute atomic E-state index is 0.0405. The maximum Gasteiger partial charge on any atom is 0.412 e. The monoisotopic (exact) mass is 423 g/mol. The number of ether oxygens (including phenoxy) is 2. The molecule has 0 fully saturated rings. The fourth-order valence-electron chi connectivity index (χ4n) is 3.58. The first-order valence-corrected chi connectivity index (χ1v) is 10.2. The third kappa shape index (κ3) is 5.40. The fourth-order valence-corrected chi connectivity index (χ4v) is 3.58. The summed E-state index contributed by atoms with van der Waals surface area (Å²) in [6.07, 6.45) is 1.40. The lowest BCUT2D eigenvalue weighted by atomic mass is 9.88. The minimum Gasteiger partial charge on any atom is -0.486 e.